The topological polar surface area (TPSA) is 38.0 Å². The van der Waals surface area contributed by atoms with E-state index in [4.69, 9.17) is 17.3 Å². The number of nitrogens with two attached hydrogens (primary N) is 1. The van der Waals surface area contributed by atoms with Crippen LogP contribution in [0.3, 0.4) is 0 Å². The number of anilines is 2. The molecule has 88 valence electrons. The number of benzene rings is 1. The summed E-state index contributed by atoms with van der Waals surface area (Å²) in [6.45, 7) is 4.61. The Morgan fingerprint density at radius 2 is 2.19 bits per heavy atom. The molecule has 1 saturated carbocycles. The van der Waals surface area contributed by atoms with E-state index in [1.54, 1.807) is 0 Å². The molecular formula is C13H19ClN2. The van der Waals surface area contributed by atoms with Gasteiger partial charge < -0.3 is 11.1 Å². The average Bonchev–Trinajstić information content (AvgIpc) is 2.52. The molecule has 1 aromatic carbocycles. The van der Waals surface area contributed by atoms with Crippen LogP contribution in [0.5, 0.6) is 0 Å². The highest BCUT2D eigenvalue weighted by Crippen LogP contribution is 2.40. The minimum absolute atomic E-state index is 0.342. The molecule has 1 fully saturated rings. The van der Waals surface area contributed by atoms with E-state index >= 15 is 0 Å². The van der Waals surface area contributed by atoms with Crippen LogP contribution in [-0.4, -0.2) is 6.04 Å². The van der Waals surface area contributed by atoms with E-state index < -0.39 is 0 Å². The predicted molar refractivity (Wildman–Crippen MR) is 70.9 cm³/mol. The molecule has 1 aliphatic carbocycles. The van der Waals surface area contributed by atoms with Gasteiger partial charge in [-0.05, 0) is 36.5 Å². The van der Waals surface area contributed by atoms with Gasteiger partial charge in [-0.3, -0.25) is 0 Å². The van der Waals surface area contributed by atoms with Gasteiger partial charge in [-0.25, -0.2) is 0 Å². The SMILES string of the molecule is CC1(C)CCCC1Nc1cc(Cl)ccc1N. The van der Waals surface area contributed by atoms with E-state index in [1.807, 2.05) is 18.2 Å². The van der Waals surface area contributed by atoms with Gasteiger partial charge in [0.05, 0.1) is 11.4 Å². The van der Waals surface area contributed by atoms with Crippen molar-refractivity contribution < 1.29 is 0 Å². The summed E-state index contributed by atoms with van der Waals surface area (Å²) in [5, 5.41) is 4.26. The Labute approximate surface area is 102 Å². The molecule has 0 radical (unpaired) electrons. The van der Waals surface area contributed by atoms with E-state index in [-0.39, 0.29) is 0 Å². The van der Waals surface area contributed by atoms with E-state index in [1.165, 1.54) is 19.3 Å². The van der Waals surface area contributed by atoms with Crippen LogP contribution in [0.2, 0.25) is 5.02 Å². The molecule has 3 N–H and O–H groups in total. The first-order valence-corrected chi connectivity index (χ1v) is 6.18. The summed E-state index contributed by atoms with van der Waals surface area (Å²) in [5.74, 6) is 0. The van der Waals surface area contributed by atoms with Gasteiger partial charge in [0.25, 0.3) is 0 Å². The lowest BCUT2D eigenvalue weighted by Crippen LogP contribution is -2.31. The summed E-state index contributed by atoms with van der Waals surface area (Å²) in [4.78, 5) is 0. The second-order valence-electron chi connectivity index (χ2n) is 5.31. The maximum absolute atomic E-state index is 5.98. The van der Waals surface area contributed by atoms with Crippen LogP contribution in [0.15, 0.2) is 18.2 Å². The summed E-state index contributed by atoms with van der Waals surface area (Å²) in [7, 11) is 0. The van der Waals surface area contributed by atoms with Gasteiger partial charge in [0, 0.05) is 11.1 Å². The molecular weight excluding hydrogens is 220 g/mol. The Balaban J connectivity index is 2.17. The molecule has 2 rings (SSSR count). The highest BCUT2D eigenvalue weighted by atomic mass is 35.5. The van der Waals surface area contributed by atoms with Gasteiger partial charge >= 0.3 is 0 Å². The number of hydrogen-bond acceptors (Lipinski definition) is 2. The van der Waals surface area contributed by atoms with Crippen molar-refractivity contribution in [1.29, 1.82) is 0 Å². The molecule has 1 unspecified atom stereocenters. The number of halogens is 1. The zero-order valence-corrected chi connectivity index (χ0v) is 10.6. The normalized spacial score (nSPS) is 23.3. The summed E-state index contributed by atoms with van der Waals surface area (Å²) in [5.41, 5.74) is 8.01. The van der Waals surface area contributed by atoms with Crippen LogP contribution in [0.1, 0.15) is 33.1 Å². The fraction of sp³-hybridized carbons (Fsp3) is 0.538. The monoisotopic (exact) mass is 238 g/mol. The van der Waals surface area contributed by atoms with Crippen molar-refractivity contribution in [3.63, 3.8) is 0 Å². The Morgan fingerprint density at radius 1 is 1.44 bits per heavy atom. The lowest BCUT2D eigenvalue weighted by molar-refractivity contribution is 0.350. The number of nitrogens with one attached hydrogen (secondary N) is 1. The molecule has 0 heterocycles. The highest BCUT2D eigenvalue weighted by Gasteiger charge is 2.34. The van der Waals surface area contributed by atoms with Crippen LogP contribution in [0.25, 0.3) is 0 Å². The predicted octanol–water partition coefficient (Wildman–Crippen LogP) is 3.91. The first-order valence-electron chi connectivity index (χ1n) is 5.80. The summed E-state index contributed by atoms with van der Waals surface area (Å²) in [6, 6.07) is 6.08. The first kappa shape index (κ1) is 11.6. The Bertz CT molecular complexity index is 388. The Morgan fingerprint density at radius 3 is 2.81 bits per heavy atom. The molecule has 0 amide bonds. The number of hydrogen-bond donors (Lipinski definition) is 2. The first-order chi connectivity index (χ1) is 7.49. The van der Waals surface area contributed by atoms with Crippen LogP contribution in [-0.2, 0) is 0 Å². The molecule has 0 aromatic heterocycles. The zero-order chi connectivity index (χ0) is 11.8. The maximum atomic E-state index is 5.98. The van der Waals surface area contributed by atoms with E-state index in [2.05, 4.69) is 19.2 Å². The molecule has 1 atom stereocenters. The van der Waals surface area contributed by atoms with Gasteiger partial charge in [-0.1, -0.05) is 31.9 Å². The molecule has 2 nitrogen and oxygen atoms in total. The second-order valence-corrected chi connectivity index (χ2v) is 5.75. The summed E-state index contributed by atoms with van der Waals surface area (Å²) < 4.78 is 0. The van der Waals surface area contributed by atoms with Crippen molar-refractivity contribution in [3.05, 3.63) is 23.2 Å². The summed E-state index contributed by atoms with van der Waals surface area (Å²) >= 11 is 5.98. The number of rotatable bonds is 2. The van der Waals surface area contributed by atoms with Gasteiger partial charge in [-0.15, -0.1) is 0 Å². The average molecular weight is 239 g/mol. The van der Waals surface area contributed by atoms with Crippen LogP contribution >= 0.6 is 11.6 Å². The van der Waals surface area contributed by atoms with Gasteiger partial charge in [-0.2, -0.15) is 0 Å². The third-order valence-corrected chi connectivity index (χ3v) is 3.84. The molecule has 0 saturated heterocycles. The van der Waals surface area contributed by atoms with E-state index in [0.717, 1.165) is 16.4 Å². The largest absolute Gasteiger partial charge is 0.397 e. The zero-order valence-electron chi connectivity index (χ0n) is 9.89. The molecule has 0 aliphatic heterocycles. The highest BCUT2D eigenvalue weighted by molar-refractivity contribution is 6.31. The van der Waals surface area contributed by atoms with Crippen molar-refractivity contribution in [2.75, 3.05) is 11.1 Å². The van der Waals surface area contributed by atoms with E-state index in [9.17, 15) is 0 Å². The maximum Gasteiger partial charge on any atom is 0.0591 e. The van der Waals surface area contributed by atoms with Gasteiger partial charge in [0.2, 0.25) is 0 Å². The lowest BCUT2D eigenvalue weighted by Gasteiger charge is -2.29. The van der Waals surface area contributed by atoms with Gasteiger partial charge in [0.15, 0.2) is 0 Å². The van der Waals surface area contributed by atoms with Crippen molar-refractivity contribution in [2.24, 2.45) is 5.41 Å². The standard InChI is InChI=1S/C13H19ClN2/c1-13(2)7-3-4-12(13)16-11-8-9(14)5-6-10(11)15/h5-6,8,12,16H,3-4,7,15H2,1-2H3. The van der Waals surface area contributed by atoms with Gasteiger partial charge in [0.1, 0.15) is 0 Å². The fourth-order valence-electron chi connectivity index (χ4n) is 2.44. The molecule has 1 aromatic rings. The minimum atomic E-state index is 0.342. The minimum Gasteiger partial charge on any atom is -0.397 e. The third kappa shape index (κ3) is 2.27. The third-order valence-electron chi connectivity index (χ3n) is 3.60. The van der Waals surface area contributed by atoms with Crippen molar-refractivity contribution in [2.45, 2.75) is 39.2 Å². The Hall–Kier alpha value is -0.890. The molecule has 0 bridgehead atoms. The summed E-state index contributed by atoms with van der Waals surface area (Å²) in [6.07, 6.45) is 3.76. The molecule has 1 aliphatic rings. The van der Waals surface area contributed by atoms with Crippen molar-refractivity contribution in [3.8, 4) is 0 Å². The molecule has 3 heteroatoms. The quantitative estimate of drug-likeness (QED) is 0.767. The lowest BCUT2D eigenvalue weighted by atomic mass is 9.87. The Kier molecular flexibility index (Phi) is 3.02. The van der Waals surface area contributed by atoms with E-state index in [0.29, 0.717) is 11.5 Å². The second kappa shape index (κ2) is 4.17. The smallest absolute Gasteiger partial charge is 0.0591 e. The van der Waals surface area contributed by atoms with Crippen LogP contribution in [0.4, 0.5) is 11.4 Å². The van der Waals surface area contributed by atoms with Crippen molar-refractivity contribution >= 4 is 23.0 Å². The van der Waals surface area contributed by atoms with Crippen LogP contribution in [0, 0.1) is 5.41 Å². The van der Waals surface area contributed by atoms with Crippen molar-refractivity contribution in [1.82, 2.24) is 0 Å². The fourth-order valence-corrected chi connectivity index (χ4v) is 2.61. The molecule has 16 heavy (non-hydrogen) atoms. The molecule has 0 spiro atoms. The number of nitrogen functional groups attached to an aromatic ring is 1. The van der Waals surface area contributed by atoms with Crippen LogP contribution < -0.4 is 11.1 Å².